The van der Waals surface area contributed by atoms with Crippen molar-refractivity contribution in [1.29, 1.82) is 0 Å². The van der Waals surface area contributed by atoms with Gasteiger partial charge in [0.15, 0.2) is 5.13 Å². The Hall–Kier alpha value is -4.70. The molecule has 0 bridgehead atoms. The molecule has 5 rings (SSSR count). The summed E-state index contributed by atoms with van der Waals surface area (Å²) in [4.78, 5) is 44.2. The summed E-state index contributed by atoms with van der Waals surface area (Å²) in [7, 11) is 0. The number of nitrogens with one attached hydrogen (secondary N) is 3. The normalized spacial score (nSPS) is 11.1. The van der Waals surface area contributed by atoms with Crippen molar-refractivity contribution in [1.82, 2.24) is 10.3 Å². The van der Waals surface area contributed by atoms with E-state index in [-0.39, 0.29) is 17.4 Å². The number of aromatic nitrogens is 1. The van der Waals surface area contributed by atoms with Gasteiger partial charge in [-0.15, -0.1) is 23.1 Å². The number of nitrogens with zero attached hydrogens (tertiary/aromatic N) is 1. The molecule has 0 radical (unpaired) electrons. The summed E-state index contributed by atoms with van der Waals surface area (Å²) >= 11 is 8.72. The van der Waals surface area contributed by atoms with E-state index in [9.17, 15) is 14.4 Å². The van der Waals surface area contributed by atoms with E-state index >= 15 is 0 Å². The lowest BCUT2D eigenvalue weighted by Gasteiger charge is -2.12. The maximum Gasteiger partial charge on any atom is 0.272 e. The minimum atomic E-state index is -0.503. The van der Waals surface area contributed by atoms with Crippen molar-refractivity contribution in [3.63, 3.8) is 0 Å². The van der Waals surface area contributed by atoms with Crippen LogP contribution in [0.5, 0.6) is 0 Å². The quantitative estimate of drug-likeness (QED) is 0.107. The largest absolute Gasteiger partial charge is 0.321 e. The lowest BCUT2D eigenvalue weighted by Crippen LogP contribution is -2.30. The number of thiazole rings is 1. The summed E-state index contributed by atoms with van der Waals surface area (Å²) < 4.78 is 0. The highest BCUT2D eigenvalue weighted by Crippen LogP contribution is 2.26. The Labute approximate surface area is 268 Å². The second-order valence-corrected chi connectivity index (χ2v) is 12.0. The van der Waals surface area contributed by atoms with E-state index in [1.165, 1.54) is 28.7 Å². The van der Waals surface area contributed by atoms with E-state index in [4.69, 9.17) is 11.6 Å². The number of carbonyl (C=O) groups is 3. The number of benzene rings is 4. The Kier molecular flexibility index (Phi) is 10.2. The highest BCUT2D eigenvalue weighted by Gasteiger charge is 2.16. The molecule has 1 heterocycles. The molecule has 44 heavy (non-hydrogen) atoms. The average molecular weight is 639 g/mol. The molecule has 1 aromatic heterocycles. The Morgan fingerprint density at radius 3 is 2.39 bits per heavy atom. The van der Waals surface area contributed by atoms with Crippen LogP contribution in [0, 0.1) is 6.92 Å². The summed E-state index contributed by atoms with van der Waals surface area (Å²) in [5.74, 6) is -0.947. The van der Waals surface area contributed by atoms with Crippen molar-refractivity contribution < 1.29 is 14.4 Å². The molecule has 3 N–H and O–H groups in total. The molecule has 5 aromatic rings. The molecular formula is C34H27ClN4O3S2. The summed E-state index contributed by atoms with van der Waals surface area (Å²) in [5.41, 5.74) is 4.66. The van der Waals surface area contributed by atoms with Crippen LogP contribution in [0.1, 0.15) is 21.5 Å². The molecule has 3 amide bonds. The van der Waals surface area contributed by atoms with Gasteiger partial charge in [0.1, 0.15) is 5.70 Å². The van der Waals surface area contributed by atoms with Gasteiger partial charge in [0, 0.05) is 32.1 Å². The summed E-state index contributed by atoms with van der Waals surface area (Å²) in [6.07, 6.45) is 1.58. The number of hydrogen-bond donors (Lipinski definition) is 3. The van der Waals surface area contributed by atoms with Crippen LogP contribution in [-0.4, -0.2) is 28.5 Å². The highest BCUT2D eigenvalue weighted by molar-refractivity contribution is 8.00. The van der Waals surface area contributed by atoms with Crippen LogP contribution in [0.15, 0.2) is 119 Å². The maximum atomic E-state index is 13.4. The molecule has 0 aliphatic heterocycles. The predicted octanol–water partition coefficient (Wildman–Crippen LogP) is 7.91. The van der Waals surface area contributed by atoms with Gasteiger partial charge in [-0.05, 0) is 61.0 Å². The molecule has 10 heteroatoms. The number of hydrogen-bond acceptors (Lipinski definition) is 6. The van der Waals surface area contributed by atoms with Crippen LogP contribution in [0.25, 0.3) is 17.3 Å². The van der Waals surface area contributed by atoms with Crippen LogP contribution in [0.2, 0.25) is 5.02 Å². The molecular weight excluding hydrogens is 612 g/mol. The third-order valence-electron chi connectivity index (χ3n) is 6.27. The predicted molar refractivity (Wildman–Crippen MR) is 180 cm³/mol. The topological polar surface area (TPSA) is 100 Å². The maximum absolute atomic E-state index is 13.4. The van der Waals surface area contributed by atoms with Gasteiger partial charge in [0.05, 0.1) is 11.4 Å². The smallest absolute Gasteiger partial charge is 0.272 e. The Morgan fingerprint density at radius 2 is 1.64 bits per heavy atom. The van der Waals surface area contributed by atoms with Gasteiger partial charge >= 0.3 is 0 Å². The third kappa shape index (κ3) is 8.67. The number of thioether (sulfide) groups is 1. The van der Waals surface area contributed by atoms with Crippen molar-refractivity contribution >= 4 is 69.3 Å². The zero-order valence-corrected chi connectivity index (χ0v) is 25.9. The Balaban J connectivity index is 1.22. The van der Waals surface area contributed by atoms with Crippen molar-refractivity contribution in [2.24, 2.45) is 0 Å². The third-order valence-corrected chi connectivity index (χ3v) is 8.27. The van der Waals surface area contributed by atoms with E-state index in [1.807, 2.05) is 48.7 Å². The van der Waals surface area contributed by atoms with Gasteiger partial charge in [0.25, 0.3) is 11.8 Å². The standard InChI is InChI=1S/C34H27ClN4O3S2/c1-22-10-14-24(15-11-22)30-20-44-34(38-30)39-31(40)21-43-28-9-5-8-27(19-28)36-33(42)29(18-23-12-16-26(35)17-13-23)37-32(41)25-6-3-2-4-7-25/h2-20H,21H2,1H3,(H,36,42)(H,37,41)(H,38,39,40)/b29-18-. The minimum Gasteiger partial charge on any atom is -0.321 e. The number of rotatable bonds is 10. The molecule has 0 saturated carbocycles. The number of amides is 3. The van der Waals surface area contributed by atoms with Gasteiger partial charge in [-0.1, -0.05) is 77.8 Å². The summed E-state index contributed by atoms with van der Waals surface area (Å²) in [5, 5.41) is 11.4. The molecule has 4 aromatic carbocycles. The molecule has 0 fully saturated rings. The van der Waals surface area contributed by atoms with E-state index < -0.39 is 11.8 Å². The summed E-state index contributed by atoms with van der Waals surface area (Å²) in [6, 6.07) is 30.8. The van der Waals surface area contributed by atoms with E-state index in [0.29, 0.717) is 27.0 Å². The molecule has 7 nitrogen and oxygen atoms in total. The second kappa shape index (κ2) is 14.7. The van der Waals surface area contributed by atoms with Crippen LogP contribution in [-0.2, 0) is 9.59 Å². The van der Waals surface area contributed by atoms with Crippen molar-refractivity contribution in [2.75, 3.05) is 16.4 Å². The highest BCUT2D eigenvalue weighted by atomic mass is 35.5. The van der Waals surface area contributed by atoms with Crippen LogP contribution in [0.3, 0.4) is 0 Å². The molecule has 0 aliphatic rings. The van der Waals surface area contributed by atoms with Crippen LogP contribution in [0.4, 0.5) is 10.8 Å². The lowest BCUT2D eigenvalue weighted by molar-refractivity contribution is -0.114. The molecule has 0 saturated heterocycles. The fourth-order valence-electron chi connectivity index (χ4n) is 4.02. The van der Waals surface area contributed by atoms with Gasteiger partial charge in [-0.25, -0.2) is 4.98 Å². The van der Waals surface area contributed by atoms with Crippen molar-refractivity contribution in [3.05, 3.63) is 136 Å². The Morgan fingerprint density at radius 1 is 0.886 bits per heavy atom. The molecule has 0 spiro atoms. The van der Waals surface area contributed by atoms with Gasteiger partial charge in [-0.3, -0.25) is 14.4 Å². The first-order valence-electron chi connectivity index (χ1n) is 13.5. The van der Waals surface area contributed by atoms with Crippen LogP contribution < -0.4 is 16.0 Å². The number of aryl methyl sites for hydroxylation is 1. The van der Waals surface area contributed by atoms with Gasteiger partial charge in [0.2, 0.25) is 5.91 Å². The Bertz CT molecular complexity index is 1800. The molecule has 0 unspecified atom stereocenters. The number of halogens is 1. The SMILES string of the molecule is Cc1ccc(-c2csc(NC(=O)CSc3cccc(NC(=O)/C(=C/c4ccc(Cl)cc4)NC(=O)c4ccccc4)c3)n2)cc1. The van der Waals surface area contributed by atoms with Gasteiger partial charge < -0.3 is 16.0 Å². The zero-order valence-electron chi connectivity index (χ0n) is 23.5. The average Bonchev–Trinajstić information content (AvgIpc) is 3.50. The first kappa shape index (κ1) is 30.7. The monoisotopic (exact) mass is 638 g/mol. The zero-order chi connectivity index (χ0) is 30.9. The molecule has 0 aliphatic carbocycles. The second-order valence-electron chi connectivity index (χ2n) is 9.65. The molecule has 220 valence electrons. The fourth-order valence-corrected chi connectivity index (χ4v) is 5.64. The first-order chi connectivity index (χ1) is 21.3. The van der Waals surface area contributed by atoms with Crippen molar-refractivity contribution in [3.8, 4) is 11.3 Å². The van der Waals surface area contributed by atoms with E-state index in [0.717, 1.165) is 16.2 Å². The lowest BCUT2D eigenvalue weighted by atomic mass is 10.1. The van der Waals surface area contributed by atoms with E-state index in [2.05, 4.69) is 20.9 Å². The minimum absolute atomic E-state index is 0.0621. The summed E-state index contributed by atoms with van der Waals surface area (Å²) in [6.45, 7) is 2.03. The number of carbonyl (C=O) groups excluding carboxylic acids is 3. The van der Waals surface area contributed by atoms with E-state index in [1.54, 1.807) is 72.8 Å². The molecule has 0 atom stereocenters. The van der Waals surface area contributed by atoms with Crippen molar-refractivity contribution in [2.45, 2.75) is 11.8 Å². The number of anilines is 2. The fraction of sp³-hybridized carbons (Fsp3) is 0.0588. The first-order valence-corrected chi connectivity index (χ1v) is 15.8. The van der Waals surface area contributed by atoms with Crippen LogP contribution >= 0.6 is 34.7 Å². The van der Waals surface area contributed by atoms with Gasteiger partial charge in [-0.2, -0.15) is 0 Å².